The molecule has 0 spiro atoms. The number of hydrogen-bond donors (Lipinski definition) is 2. The van der Waals surface area contributed by atoms with E-state index in [-0.39, 0.29) is 23.6 Å². The molecule has 1 fully saturated rings. The predicted molar refractivity (Wildman–Crippen MR) is 91.8 cm³/mol. The molecule has 7 heteroatoms. The summed E-state index contributed by atoms with van der Waals surface area (Å²) >= 11 is 0. The van der Waals surface area contributed by atoms with E-state index in [2.05, 4.69) is 5.32 Å². The topological polar surface area (TPSA) is 95.7 Å². The van der Waals surface area contributed by atoms with Crippen molar-refractivity contribution in [2.24, 2.45) is 5.92 Å². The van der Waals surface area contributed by atoms with Crippen molar-refractivity contribution in [3.8, 4) is 0 Å². The van der Waals surface area contributed by atoms with Crippen LogP contribution in [-0.4, -0.2) is 46.6 Å². The molecule has 0 saturated heterocycles. The quantitative estimate of drug-likeness (QED) is 0.615. The third-order valence-corrected chi connectivity index (χ3v) is 4.76. The number of hydrogen-bond acceptors (Lipinski definition) is 5. The normalized spacial score (nSPS) is 22.2. The number of aliphatic hydroxyl groups excluding tert-OH is 1. The zero-order valence-corrected chi connectivity index (χ0v) is 14.1. The molecule has 0 aromatic heterocycles. The number of nitrogens with zero attached hydrogens (tertiary/aromatic N) is 2. The molecule has 1 aliphatic rings. The summed E-state index contributed by atoms with van der Waals surface area (Å²) in [5.74, 6) is -0.0277. The molecule has 7 nitrogen and oxygen atoms in total. The number of anilines is 1. The van der Waals surface area contributed by atoms with Crippen LogP contribution in [0.1, 0.15) is 32.6 Å². The smallest absolute Gasteiger partial charge is 0.271 e. The minimum Gasteiger partial charge on any atom is -0.393 e. The fourth-order valence-electron chi connectivity index (χ4n) is 3.07. The maximum absolute atomic E-state index is 12.4. The summed E-state index contributed by atoms with van der Waals surface area (Å²) in [6.45, 7) is 2.45. The Bertz CT molecular complexity index is 593. The summed E-state index contributed by atoms with van der Waals surface area (Å²) in [5, 5.41) is 23.6. The van der Waals surface area contributed by atoms with E-state index in [0.717, 1.165) is 25.7 Å². The van der Waals surface area contributed by atoms with E-state index in [4.69, 9.17) is 0 Å². The summed E-state index contributed by atoms with van der Waals surface area (Å²) in [4.78, 5) is 24.6. The van der Waals surface area contributed by atoms with Crippen LogP contribution in [0.5, 0.6) is 0 Å². The lowest BCUT2D eigenvalue weighted by Crippen LogP contribution is -2.44. The molecule has 0 heterocycles. The van der Waals surface area contributed by atoms with Gasteiger partial charge in [0.1, 0.15) is 0 Å². The van der Waals surface area contributed by atoms with Crippen molar-refractivity contribution in [2.45, 2.75) is 44.8 Å². The molecular formula is C17H25N3O4. The summed E-state index contributed by atoms with van der Waals surface area (Å²) in [7, 11) is 1.86. The maximum atomic E-state index is 12.4. The van der Waals surface area contributed by atoms with E-state index >= 15 is 0 Å². The molecule has 0 bridgehead atoms. The van der Waals surface area contributed by atoms with Crippen molar-refractivity contribution >= 4 is 17.3 Å². The van der Waals surface area contributed by atoms with Crippen molar-refractivity contribution < 1.29 is 14.8 Å². The van der Waals surface area contributed by atoms with Crippen molar-refractivity contribution in [3.63, 3.8) is 0 Å². The average molecular weight is 335 g/mol. The largest absolute Gasteiger partial charge is 0.393 e. The second kappa shape index (κ2) is 8.21. The zero-order chi connectivity index (χ0) is 17.7. The van der Waals surface area contributed by atoms with Crippen LogP contribution in [0.25, 0.3) is 0 Å². The number of nitro groups is 1. The summed E-state index contributed by atoms with van der Waals surface area (Å²) < 4.78 is 0. The SMILES string of the molecule is CC(C(=O)Nc1cccc([N+](=O)[O-])c1)N(C)CC1CCCCC1O. The fourth-order valence-corrected chi connectivity index (χ4v) is 3.07. The molecule has 1 aromatic rings. The second-order valence-electron chi connectivity index (χ2n) is 6.52. The van der Waals surface area contributed by atoms with Crippen LogP contribution in [0.4, 0.5) is 11.4 Å². The van der Waals surface area contributed by atoms with Gasteiger partial charge in [-0.2, -0.15) is 0 Å². The van der Waals surface area contributed by atoms with E-state index < -0.39 is 11.0 Å². The van der Waals surface area contributed by atoms with Crippen LogP contribution in [0, 0.1) is 16.0 Å². The van der Waals surface area contributed by atoms with E-state index in [9.17, 15) is 20.0 Å². The molecule has 2 rings (SSSR count). The highest BCUT2D eigenvalue weighted by atomic mass is 16.6. The van der Waals surface area contributed by atoms with E-state index in [1.165, 1.54) is 12.1 Å². The molecule has 0 aliphatic heterocycles. The first-order valence-electron chi connectivity index (χ1n) is 8.32. The molecule has 1 saturated carbocycles. The highest BCUT2D eigenvalue weighted by Gasteiger charge is 2.27. The molecule has 2 N–H and O–H groups in total. The number of carbonyl (C=O) groups excluding carboxylic acids is 1. The monoisotopic (exact) mass is 335 g/mol. The van der Waals surface area contributed by atoms with E-state index in [1.807, 2.05) is 11.9 Å². The van der Waals surface area contributed by atoms with Crippen molar-refractivity contribution in [1.29, 1.82) is 0 Å². The Morgan fingerprint density at radius 3 is 2.83 bits per heavy atom. The third-order valence-electron chi connectivity index (χ3n) is 4.76. The van der Waals surface area contributed by atoms with Crippen LogP contribution >= 0.6 is 0 Å². The van der Waals surface area contributed by atoms with Gasteiger partial charge in [0.05, 0.1) is 17.1 Å². The number of aliphatic hydroxyl groups is 1. The minimum atomic E-state index is -0.490. The zero-order valence-electron chi connectivity index (χ0n) is 14.1. The van der Waals surface area contributed by atoms with Crippen LogP contribution in [-0.2, 0) is 4.79 Å². The Hall–Kier alpha value is -1.99. The Kier molecular flexibility index (Phi) is 6.28. The number of carbonyl (C=O) groups is 1. The molecule has 1 aliphatic carbocycles. The standard InChI is InChI=1S/C17H25N3O4/c1-12(19(2)11-13-6-3-4-9-16(13)21)17(22)18-14-7-5-8-15(10-14)20(23)24/h5,7-8,10,12-13,16,21H,3-4,6,9,11H2,1-2H3,(H,18,22). The van der Waals surface area contributed by atoms with Gasteiger partial charge in [-0.15, -0.1) is 0 Å². The van der Waals surface area contributed by atoms with Crippen LogP contribution in [0.3, 0.4) is 0 Å². The first-order chi connectivity index (χ1) is 11.4. The van der Waals surface area contributed by atoms with Gasteiger partial charge in [-0.1, -0.05) is 18.9 Å². The highest BCUT2D eigenvalue weighted by molar-refractivity contribution is 5.94. The highest BCUT2D eigenvalue weighted by Crippen LogP contribution is 2.25. The number of non-ortho nitro benzene ring substituents is 1. The Morgan fingerprint density at radius 1 is 1.46 bits per heavy atom. The average Bonchev–Trinajstić information content (AvgIpc) is 2.56. The van der Waals surface area contributed by atoms with Gasteiger partial charge in [0.2, 0.25) is 5.91 Å². The summed E-state index contributed by atoms with van der Waals surface area (Å²) in [6, 6.07) is 5.51. The Morgan fingerprint density at radius 2 is 2.17 bits per heavy atom. The molecular weight excluding hydrogens is 310 g/mol. The Labute approximate surface area is 141 Å². The van der Waals surface area contributed by atoms with Crippen molar-refractivity contribution in [3.05, 3.63) is 34.4 Å². The molecule has 3 unspecified atom stereocenters. The van der Waals surface area contributed by atoms with Crippen LogP contribution in [0.2, 0.25) is 0 Å². The van der Waals surface area contributed by atoms with E-state index in [1.54, 1.807) is 19.1 Å². The van der Waals surface area contributed by atoms with E-state index in [0.29, 0.717) is 12.2 Å². The number of rotatable bonds is 6. The maximum Gasteiger partial charge on any atom is 0.271 e. The van der Waals surface area contributed by atoms with Gasteiger partial charge < -0.3 is 10.4 Å². The number of amides is 1. The van der Waals surface area contributed by atoms with Crippen molar-refractivity contribution in [1.82, 2.24) is 4.90 Å². The molecule has 1 aromatic carbocycles. The van der Waals surface area contributed by atoms with Gasteiger partial charge >= 0.3 is 0 Å². The fraction of sp³-hybridized carbons (Fsp3) is 0.588. The number of nitro benzene ring substituents is 1. The lowest BCUT2D eigenvalue weighted by Gasteiger charge is -2.33. The van der Waals surface area contributed by atoms with Gasteiger partial charge in [0, 0.05) is 24.4 Å². The Balaban J connectivity index is 1.93. The molecule has 24 heavy (non-hydrogen) atoms. The summed E-state index contributed by atoms with van der Waals surface area (Å²) in [6.07, 6.45) is 3.68. The lowest BCUT2D eigenvalue weighted by atomic mass is 9.86. The second-order valence-corrected chi connectivity index (χ2v) is 6.52. The minimum absolute atomic E-state index is 0.0564. The molecule has 0 radical (unpaired) electrons. The number of nitrogens with one attached hydrogen (secondary N) is 1. The van der Waals surface area contributed by atoms with Crippen molar-refractivity contribution in [2.75, 3.05) is 18.9 Å². The van der Waals surface area contributed by atoms with Gasteiger partial charge in [-0.3, -0.25) is 19.8 Å². The van der Waals surface area contributed by atoms with Gasteiger partial charge in [-0.05, 0) is 38.8 Å². The molecule has 132 valence electrons. The van der Waals surface area contributed by atoms with Gasteiger partial charge in [0.25, 0.3) is 5.69 Å². The molecule has 1 amide bonds. The molecule has 3 atom stereocenters. The van der Waals surface area contributed by atoms with Crippen LogP contribution < -0.4 is 5.32 Å². The summed E-state index contributed by atoms with van der Waals surface area (Å²) in [5.41, 5.74) is 0.353. The first-order valence-corrected chi connectivity index (χ1v) is 8.32. The number of benzene rings is 1. The van der Waals surface area contributed by atoms with Gasteiger partial charge in [0.15, 0.2) is 0 Å². The number of likely N-dealkylation sites (N-methyl/N-ethyl adjacent to an activating group) is 1. The van der Waals surface area contributed by atoms with Gasteiger partial charge in [-0.25, -0.2) is 0 Å². The predicted octanol–water partition coefficient (Wildman–Crippen LogP) is 2.40. The lowest BCUT2D eigenvalue weighted by molar-refractivity contribution is -0.384. The van der Waals surface area contributed by atoms with Crippen LogP contribution in [0.15, 0.2) is 24.3 Å². The third kappa shape index (κ3) is 4.75. The first kappa shape index (κ1) is 18.4.